The first-order valence-electron chi connectivity index (χ1n) is 8.76. The normalized spacial score (nSPS) is 12.7. The molecule has 0 amide bonds. The quantitative estimate of drug-likeness (QED) is 0.408. The number of hydrogen-bond donors (Lipinski definition) is 1. The molecule has 4 aromatic rings. The minimum absolute atomic E-state index is 0.147. The van der Waals surface area contributed by atoms with Crippen LogP contribution in [0.3, 0.4) is 0 Å². The van der Waals surface area contributed by atoms with E-state index >= 15 is 0 Å². The standard InChI is InChI=1S/C21H10F4N4O/c22-14-3-1-2-4-16(14)28-10-5-6-15-11(7-10)17-12-8-27-20(21(23,24)25)29-18(12)19(30)13(17)9-26-15/h1-9,28H. The van der Waals surface area contributed by atoms with Gasteiger partial charge in [0, 0.05) is 34.6 Å². The molecule has 5 nitrogen and oxygen atoms in total. The number of hydrogen-bond acceptors (Lipinski definition) is 5. The van der Waals surface area contributed by atoms with Gasteiger partial charge < -0.3 is 5.32 Å². The maximum Gasteiger partial charge on any atom is 0.451 e. The lowest BCUT2D eigenvalue weighted by atomic mass is 10.0. The Labute approximate surface area is 166 Å². The number of fused-ring (bicyclic) bond motifs is 5. The van der Waals surface area contributed by atoms with Crippen molar-refractivity contribution in [3.8, 4) is 11.1 Å². The minimum Gasteiger partial charge on any atom is -0.353 e. The highest BCUT2D eigenvalue weighted by molar-refractivity contribution is 6.24. The summed E-state index contributed by atoms with van der Waals surface area (Å²) in [6.45, 7) is 0. The molecule has 0 aliphatic heterocycles. The van der Waals surface area contributed by atoms with Crippen LogP contribution in [0.4, 0.5) is 28.9 Å². The highest BCUT2D eigenvalue weighted by Gasteiger charge is 2.38. The average Bonchev–Trinajstić information content (AvgIpc) is 3.01. The number of para-hydroxylation sites is 1. The Morgan fingerprint density at radius 2 is 1.70 bits per heavy atom. The molecule has 0 saturated carbocycles. The molecular weight excluding hydrogens is 400 g/mol. The van der Waals surface area contributed by atoms with Crippen LogP contribution in [-0.4, -0.2) is 20.7 Å². The number of rotatable bonds is 2. The second kappa shape index (κ2) is 6.31. The fraction of sp³-hybridized carbons (Fsp3) is 0.0476. The topological polar surface area (TPSA) is 67.8 Å². The number of pyridine rings is 1. The molecule has 1 aliphatic carbocycles. The molecule has 0 saturated heterocycles. The number of carbonyl (C=O) groups excluding carboxylic acids is 1. The summed E-state index contributed by atoms with van der Waals surface area (Å²) in [5, 5.41) is 3.47. The third-order valence-electron chi connectivity index (χ3n) is 4.79. The lowest BCUT2D eigenvalue weighted by Crippen LogP contribution is -2.13. The fourth-order valence-corrected chi connectivity index (χ4v) is 3.45. The smallest absolute Gasteiger partial charge is 0.353 e. The summed E-state index contributed by atoms with van der Waals surface area (Å²) < 4.78 is 52.9. The van der Waals surface area contributed by atoms with Crippen LogP contribution in [0.2, 0.25) is 0 Å². The highest BCUT2D eigenvalue weighted by Crippen LogP contribution is 2.41. The zero-order valence-corrected chi connectivity index (χ0v) is 15.0. The van der Waals surface area contributed by atoms with Crippen molar-refractivity contribution in [2.24, 2.45) is 0 Å². The van der Waals surface area contributed by atoms with Crippen molar-refractivity contribution >= 4 is 28.1 Å². The lowest BCUT2D eigenvalue weighted by Gasteiger charge is -2.11. The van der Waals surface area contributed by atoms with E-state index in [1.807, 2.05) is 0 Å². The molecule has 2 aromatic carbocycles. The highest BCUT2D eigenvalue weighted by atomic mass is 19.4. The number of ketones is 1. The fourth-order valence-electron chi connectivity index (χ4n) is 3.45. The molecule has 2 heterocycles. The first-order chi connectivity index (χ1) is 14.3. The average molecular weight is 410 g/mol. The molecule has 1 aliphatic rings. The van der Waals surface area contributed by atoms with Crippen molar-refractivity contribution in [3.05, 3.63) is 77.8 Å². The number of halogens is 4. The van der Waals surface area contributed by atoms with Gasteiger partial charge in [-0.3, -0.25) is 9.78 Å². The Hall–Kier alpha value is -3.88. The van der Waals surface area contributed by atoms with Crippen LogP contribution in [0.15, 0.2) is 54.9 Å². The van der Waals surface area contributed by atoms with Crippen molar-refractivity contribution in [1.82, 2.24) is 15.0 Å². The summed E-state index contributed by atoms with van der Waals surface area (Å²) >= 11 is 0. The van der Waals surface area contributed by atoms with Gasteiger partial charge in [0.2, 0.25) is 11.6 Å². The van der Waals surface area contributed by atoms with E-state index in [2.05, 4.69) is 20.3 Å². The maximum absolute atomic E-state index is 14.0. The van der Waals surface area contributed by atoms with Crippen LogP contribution < -0.4 is 5.32 Å². The van der Waals surface area contributed by atoms with Crippen LogP contribution in [0, 0.1) is 5.82 Å². The Balaban J connectivity index is 1.67. The number of nitrogens with one attached hydrogen (secondary N) is 1. The molecule has 0 unspecified atom stereocenters. The summed E-state index contributed by atoms with van der Waals surface area (Å²) in [7, 11) is 0. The number of anilines is 2. The van der Waals surface area contributed by atoms with Gasteiger partial charge in [0.25, 0.3) is 0 Å². The van der Waals surface area contributed by atoms with Gasteiger partial charge >= 0.3 is 6.18 Å². The molecule has 0 fully saturated rings. The van der Waals surface area contributed by atoms with E-state index in [9.17, 15) is 22.4 Å². The summed E-state index contributed by atoms with van der Waals surface area (Å²) in [4.78, 5) is 23.7. The predicted molar refractivity (Wildman–Crippen MR) is 101 cm³/mol. The van der Waals surface area contributed by atoms with E-state index in [1.165, 1.54) is 12.3 Å². The maximum atomic E-state index is 14.0. The van der Waals surface area contributed by atoms with Crippen LogP contribution >= 0.6 is 0 Å². The van der Waals surface area contributed by atoms with Gasteiger partial charge in [-0.05, 0) is 30.3 Å². The largest absolute Gasteiger partial charge is 0.451 e. The third kappa shape index (κ3) is 2.78. The van der Waals surface area contributed by atoms with E-state index in [0.717, 1.165) is 6.20 Å². The van der Waals surface area contributed by atoms with Crippen molar-refractivity contribution in [1.29, 1.82) is 0 Å². The van der Waals surface area contributed by atoms with Crippen molar-refractivity contribution in [2.75, 3.05) is 5.32 Å². The van der Waals surface area contributed by atoms with E-state index in [4.69, 9.17) is 0 Å². The first kappa shape index (κ1) is 18.2. The van der Waals surface area contributed by atoms with E-state index < -0.39 is 23.6 Å². The molecular formula is C21H10F4N4O. The SMILES string of the molecule is O=C1c2cnc3ccc(Nc4ccccc4F)cc3c2-c2cnc(C(F)(F)F)nc21. The van der Waals surface area contributed by atoms with Crippen LogP contribution in [0.5, 0.6) is 0 Å². The monoisotopic (exact) mass is 410 g/mol. The van der Waals surface area contributed by atoms with Gasteiger partial charge in [0.1, 0.15) is 11.5 Å². The number of carbonyl (C=O) groups is 1. The van der Waals surface area contributed by atoms with Gasteiger partial charge in [-0.25, -0.2) is 14.4 Å². The summed E-state index contributed by atoms with van der Waals surface area (Å²) in [5.74, 6) is -2.46. The molecule has 0 radical (unpaired) electrons. The van der Waals surface area contributed by atoms with Crippen molar-refractivity contribution < 1.29 is 22.4 Å². The molecule has 2 aromatic heterocycles. The molecule has 9 heteroatoms. The lowest BCUT2D eigenvalue weighted by molar-refractivity contribution is -0.145. The first-order valence-corrected chi connectivity index (χ1v) is 8.76. The second-order valence-electron chi connectivity index (χ2n) is 6.67. The van der Waals surface area contributed by atoms with Crippen molar-refractivity contribution in [3.63, 3.8) is 0 Å². The van der Waals surface area contributed by atoms with E-state index in [1.54, 1.807) is 36.4 Å². The van der Waals surface area contributed by atoms with Gasteiger partial charge in [0.05, 0.1) is 16.8 Å². The Morgan fingerprint density at radius 1 is 0.933 bits per heavy atom. The predicted octanol–water partition coefficient (Wildman–Crippen LogP) is 5.14. The van der Waals surface area contributed by atoms with Gasteiger partial charge in [0.15, 0.2) is 0 Å². The zero-order chi connectivity index (χ0) is 21.0. The molecule has 5 rings (SSSR count). The van der Waals surface area contributed by atoms with Crippen LogP contribution in [0.1, 0.15) is 21.9 Å². The molecule has 0 atom stereocenters. The number of nitrogens with zero attached hydrogens (tertiary/aromatic N) is 3. The molecule has 0 spiro atoms. The number of aromatic nitrogens is 3. The summed E-state index contributed by atoms with van der Waals surface area (Å²) in [6.07, 6.45) is -2.44. The Morgan fingerprint density at radius 3 is 2.47 bits per heavy atom. The molecule has 0 bridgehead atoms. The van der Waals surface area contributed by atoms with E-state index in [0.29, 0.717) is 22.2 Å². The summed E-state index contributed by atoms with van der Waals surface area (Å²) in [6, 6.07) is 11.1. The van der Waals surface area contributed by atoms with Crippen LogP contribution in [-0.2, 0) is 6.18 Å². The minimum atomic E-state index is -4.76. The Bertz CT molecular complexity index is 1350. The third-order valence-corrected chi connectivity index (χ3v) is 4.79. The Kier molecular flexibility index (Phi) is 3.82. The van der Waals surface area contributed by atoms with Gasteiger partial charge in [-0.2, -0.15) is 13.2 Å². The summed E-state index contributed by atoms with van der Waals surface area (Å²) in [5.41, 5.74) is 1.75. The van der Waals surface area contributed by atoms with E-state index in [-0.39, 0.29) is 22.5 Å². The van der Waals surface area contributed by atoms with Crippen LogP contribution in [0.25, 0.3) is 22.0 Å². The zero-order valence-electron chi connectivity index (χ0n) is 15.0. The molecule has 1 N–H and O–H groups in total. The second-order valence-corrected chi connectivity index (χ2v) is 6.67. The molecule has 30 heavy (non-hydrogen) atoms. The molecule has 148 valence electrons. The van der Waals surface area contributed by atoms with Gasteiger partial charge in [-0.1, -0.05) is 12.1 Å². The van der Waals surface area contributed by atoms with Gasteiger partial charge in [-0.15, -0.1) is 0 Å². The van der Waals surface area contributed by atoms with Crippen molar-refractivity contribution in [2.45, 2.75) is 6.18 Å². The number of benzene rings is 2. The number of alkyl halides is 3.